The van der Waals surface area contributed by atoms with E-state index in [2.05, 4.69) is 19.2 Å². The first-order chi connectivity index (χ1) is 7.61. The zero-order valence-corrected chi connectivity index (χ0v) is 9.96. The Morgan fingerprint density at radius 2 is 2.12 bits per heavy atom. The molecule has 0 amide bonds. The molecule has 0 aliphatic heterocycles. The average molecular weight is 225 g/mol. The van der Waals surface area contributed by atoms with Crippen LogP contribution in [0.2, 0.25) is 0 Å². The van der Waals surface area contributed by atoms with Gasteiger partial charge in [0.25, 0.3) is 0 Å². The minimum Gasteiger partial charge on any atom is -0.508 e. The highest BCUT2D eigenvalue weighted by Gasteiger charge is 2.03. The molecule has 0 aliphatic carbocycles. The Morgan fingerprint density at radius 3 is 2.75 bits per heavy atom. The maximum Gasteiger partial charge on any atom is 0.127 e. The molecule has 1 rings (SSSR count). The van der Waals surface area contributed by atoms with Crippen LogP contribution in [0.1, 0.15) is 38.7 Å². The summed E-state index contributed by atoms with van der Waals surface area (Å²) in [5, 5.41) is 12.5. The predicted octanol–water partition coefficient (Wildman–Crippen LogP) is 3.20. The van der Waals surface area contributed by atoms with Gasteiger partial charge in [0.15, 0.2) is 0 Å². The van der Waals surface area contributed by atoms with E-state index in [1.165, 1.54) is 18.9 Å². The van der Waals surface area contributed by atoms with Crippen LogP contribution in [0, 0.1) is 5.82 Å². The highest BCUT2D eigenvalue weighted by Crippen LogP contribution is 2.14. The van der Waals surface area contributed by atoms with E-state index in [1.807, 2.05) is 0 Å². The van der Waals surface area contributed by atoms with Crippen molar-refractivity contribution < 1.29 is 9.50 Å². The quantitative estimate of drug-likeness (QED) is 0.779. The van der Waals surface area contributed by atoms with Crippen molar-refractivity contribution in [3.05, 3.63) is 29.6 Å². The van der Waals surface area contributed by atoms with Crippen molar-refractivity contribution in [1.82, 2.24) is 5.32 Å². The summed E-state index contributed by atoms with van der Waals surface area (Å²) in [6.45, 7) is 4.88. The fraction of sp³-hybridized carbons (Fsp3) is 0.538. The third kappa shape index (κ3) is 4.62. The van der Waals surface area contributed by atoms with Crippen molar-refractivity contribution in [3.8, 4) is 5.75 Å². The molecule has 1 aromatic carbocycles. The van der Waals surface area contributed by atoms with E-state index >= 15 is 0 Å². The molecular weight excluding hydrogens is 205 g/mol. The van der Waals surface area contributed by atoms with E-state index in [0.717, 1.165) is 18.1 Å². The highest BCUT2D eigenvalue weighted by molar-refractivity contribution is 5.28. The summed E-state index contributed by atoms with van der Waals surface area (Å²) >= 11 is 0. The number of hydrogen-bond acceptors (Lipinski definition) is 2. The van der Waals surface area contributed by atoms with E-state index in [1.54, 1.807) is 6.07 Å². The van der Waals surface area contributed by atoms with Gasteiger partial charge in [-0.15, -0.1) is 0 Å². The van der Waals surface area contributed by atoms with Gasteiger partial charge < -0.3 is 10.4 Å². The maximum atomic E-state index is 13.0. The largest absolute Gasteiger partial charge is 0.508 e. The number of benzene rings is 1. The molecule has 2 N–H and O–H groups in total. The normalized spacial score (nSPS) is 12.7. The van der Waals surface area contributed by atoms with Gasteiger partial charge in [-0.3, -0.25) is 0 Å². The van der Waals surface area contributed by atoms with Crippen LogP contribution in [-0.2, 0) is 6.54 Å². The SMILES string of the molecule is CCCCC(C)NCc1cc(O)cc(F)c1. The van der Waals surface area contributed by atoms with Crippen LogP contribution >= 0.6 is 0 Å². The second-order valence-electron chi connectivity index (χ2n) is 4.24. The molecule has 2 nitrogen and oxygen atoms in total. The van der Waals surface area contributed by atoms with E-state index in [0.29, 0.717) is 12.6 Å². The summed E-state index contributed by atoms with van der Waals surface area (Å²) in [5.41, 5.74) is 0.779. The number of hydrogen-bond donors (Lipinski definition) is 2. The van der Waals surface area contributed by atoms with Gasteiger partial charge in [0.05, 0.1) is 0 Å². The molecule has 16 heavy (non-hydrogen) atoms. The predicted molar refractivity (Wildman–Crippen MR) is 63.9 cm³/mol. The van der Waals surface area contributed by atoms with Gasteiger partial charge in [-0.25, -0.2) is 4.39 Å². The number of phenols is 1. The Morgan fingerprint density at radius 1 is 1.38 bits per heavy atom. The van der Waals surface area contributed by atoms with Crippen LogP contribution in [0.4, 0.5) is 4.39 Å². The first kappa shape index (κ1) is 13.0. The van der Waals surface area contributed by atoms with Crippen molar-refractivity contribution in [2.75, 3.05) is 0 Å². The molecule has 1 unspecified atom stereocenters. The number of halogens is 1. The number of unbranched alkanes of at least 4 members (excludes halogenated alkanes) is 1. The standard InChI is InChI=1S/C13H20FNO/c1-3-4-5-10(2)15-9-11-6-12(14)8-13(16)7-11/h6-8,10,15-16H,3-5,9H2,1-2H3. The molecule has 0 heterocycles. The average Bonchev–Trinajstić information content (AvgIpc) is 2.22. The number of phenolic OH excluding ortho intramolecular Hbond substituents is 1. The molecule has 0 aromatic heterocycles. The van der Waals surface area contributed by atoms with E-state index in [4.69, 9.17) is 0 Å². The Balaban J connectivity index is 2.41. The van der Waals surface area contributed by atoms with Crippen LogP contribution in [0.3, 0.4) is 0 Å². The van der Waals surface area contributed by atoms with Crippen molar-refractivity contribution >= 4 is 0 Å². The van der Waals surface area contributed by atoms with Gasteiger partial charge in [-0.1, -0.05) is 19.8 Å². The topological polar surface area (TPSA) is 32.3 Å². The van der Waals surface area contributed by atoms with E-state index in [9.17, 15) is 9.50 Å². The lowest BCUT2D eigenvalue weighted by atomic mass is 10.1. The summed E-state index contributed by atoms with van der Waals surface area (Å²) in [6, 6.07) is 4.57. The zero-order valence-electron chi connectivity index (χ0n) is 9.96. The lowest BCUT2D eigenvalue weighted by molar-refractivity contribution is 0.463. The molecule has 3 heteroatoms. The first-order valence-electron chi connectivity index (χ1n) is 5.83. The molecule has 90 valence electrons. The van der Waals surface area contributed by atoms with Crippen LogP contribution in [-0.4, -0.2) is 11.1 Å². The minimum atomic E-state index is -0.391. The third-order valence-corrected chi connectivity index (χ3v) is 2.59. The molecule has 0 saturated carbocycles. The molecule has 0 spiro atoms. The fourth-order valence-corrected chi connectivity index (χ4v) is 1.64. The van der Waals surface area contributed by atoms with Gasteiger partial charge in [0.2, 0.25) is 0 Å². The van der Waals surface area contributed by atoms with Crippen molar-refractivity contribution in [2.24, 2.45) is 0 Å². The van der Waals surface area contributed by atoms with E-state index < -0.39 is 5.82 Å². The summed E-state index contributed by atoms with van der Waals surface area (Å²) in [4.78, 5) is 0. The van der Waals surface area contributed by atoms with Crippen molar-refractivity contribution in [3.63, 3.8) is 0 Å². The summed E-state index contributed by atoms with van der Waals surface area (Å²) in [7, 11) is 0. The van der Waals surface area contributed by atoms with Crippen LogP contribution in [0.25, 0.3) is 0 Å². The highest BCUT2D eigenvalue weighted by atomic mass is 19.1. The maximum absolute atomic E-state index is 13.0. The molecular formula is C13H20FNO. The number of rotatable bonds is 6. The summed E-state index contributed by atoms with van der Waals surface area (Å²) < 4.78 is 13.0. The van der Waals surface area contributed by atoms with Gasteiger partial charge >= 0.3 is 0 Å². The molecule has 1 aromatic rings. The molecule has 1 atom stereocenters. The Bertz CT molecular complexity index is 307. The van der Waals surface area contributed by atoms with Gasteiger partial charge in [0, 0.05) is 18.7 Å². The molecule has 0 radical (unpaired) electrons. The molecule has 0 saturated heterocycles. The van der Waals surface area contributed by atoms with Crippen LogP contribution in [0.5, 0.6) is 5.75 Å². The number of nitrogens with one attached hydrogen (secondary N) is 1. The zero-order chi connectivity index (χ0) is 12.0. The second kappa shape index (κ2) is 6.48. The monoisotopic (exact) mass is 225 g/mol. The van der Waals surface area contributed by atoms with Crippen molar-refractivity contribution in [2.45, 2.75) is 45.7 Å². The number of aromatic hydroxyl groups is 1. The Labute approximate surface area is 96.5 Å². The van der Waals surface area contributed by atoms with Gasteiger partial charge in [0.1, 0.15) is 11.6 Å². The minimum absolute atomic E-state index is 0.0157. The Kier molecular flexibility index (Phi) is 5.26. The molecule has 0 fully saturated rings. The Hall–Kier alpha value is -1.09. The summed E-state index contributed by atoms with van der Waals surface area (Å²) in [6.07, 6.45) is 3.51. The lowest BCUT2D eigenvalue weighted by Gasteiger charge is -2.13. The van der Waals surface area contributed by atoms with Crippen molar-refractivity contribution in [1.29, 1.82) is 0 Å². The second-order valence-corrected chi connectivity index (χ2v) is 4.24. The fourth-order valence-electron chi connectivity index (χ4n) is 1.64. The van der Waals surface area contributed by atoms with Crippen LogP contribution in [0.15, 0.2) is 18.2 Å². The van der Waals surface area contributed by atoms with Crippen LogP contribution < -0.4 is 5.32 Å². The molecule has 0 bridgehead atoms. The van der Waals surface area contributed by atoms with Gasteiger partial charge in [-0.05, 0) is 31.0 Å². The molecule has 0 aliphatic rings. The van der Waals surface area contributed by atoms with Gasteiger partial charge in [-0.2, -0.15) is 0 Å². The smallest absolute Gasteiger partial charge is 0.127 e. The first-order valence-corrected chi connectivity index (χ1v) is 5.83. The van der Waals surface area contributed by atoms with E-state index in [-0.39, 0.29) is 5.75 Å². The third-order valence-electron chi connectivity index (χ3n) is 2.59. The lowest BCUT2D eigenvalue weighted by Crippen LogP contribution is -2.25. The summed E-state index contributed by atoms with van der Waals surface area (Å²) in [5.74, 6) is -0.406.